The third-order valence-corrected chi connectivity index (χ3v) is 6.67. The number of likely N-dealkylation sites (tertiary alicyclic amines) is 1. The fourth-order valence-electron chi connectivity index (χ4n) is 4.63. The Morgan fingerprint density at radius 1 is 0.902 bits per heavy atom. The van der Waals surface area contributed by atoms with E-state index < -0.39 is 29.4 Å². The first-order chi connectivity index (χ1) is 19.5. The van der Waals surface area contributed by atoms with E-state index in [0.717, 1.165) is 44.1 Å². The second-order valence-electron chi connectivity index (χ2n) is 9.53. The van der Waals surface area contributed by atoms with Gasteiger partial charge >= 0.3 is 12.4 Å². The number of hydrogen-bond donors (Lipinski definition) is 2. The van der Waals surface area contributed by atoms with Crippen molar-refractivity contribution in [2.75, 3.05) is 31.5 Å². The van der Waals surface area contributed by atoms with Crippen molar-refractivity contribution in [1.29, 1.82) is 0 Å². The van der Waals surface area contributed by atoms with E-state index in [2.05, 4.69) is 30.5 Å². The van der Waals surface area contributed by atoms with Crippen molar-refractivity contribution < 1.29 is 31.1 Å². The van der Waals surface area contributed by atoms with E-state index >= 15 is 0 Å². The smallest absolute Gasteiger partial charge is 0.348 e. The molecule has 5 rings (SSSR count). The summed E-state index contributed by atoms with van der Waals surface area (Å²) in [6.07, 6.45) is -5.74. The van der Waals surface area contributed by atoms with Crippen LogP contribution in [0.4, 0.5) is 37.8 Å². The van der Waals surface area contributed by atoms with Gasteiger partial charge in [0, 0.05) is 35.9 Å². The average Bonchev–Trinajstić information content (AvgIpc) is 3.45. The largest absolute Gasteiger partial charge is 0.418 e. The number of nitrogens with one attached hydrogen (secondary N) is 2. The van der Waals surface area contributed by atoms with Crippen LogP contribution in [0.15, 0.2) is 60.8 Å². The van der Waals surface area contributed by atoms with Crippen LogP contribution >= 0.6 is 0 Å². The number of anilines is 2. The van der Waals surface area contributed by atoms with Crippen LogP contribution in [-0.4, -0.2) is 51.9 Å². The summed E-state index contributed by atoms with van der Waals surface area (Å²) in [7, 11) is 0. The zero-order valence-corrected chi connectivity index (χ0v) is 21.5. The van der Waals surface area contributed by atoms with E-state index in [1.54, 1.807) is 0 Å². The van der Waals surface area contributed by atoms with E-state index in [9.17, 15) is 31.1 Å². The molecule has 3 heterocycles. The SMILES string of the molecule is O=C(NCCN1CCCC1)c1nc(Nc2ccc(C(F)(F)F)cc2)c2ccc(-c3ncccc3C(F)(F)F)cc2n1. The molecule has 0 spiro atoms. The van der Waals surface area contributed by atoms with Crippen molar-refractivity contribution in [2.45, 2.75) is 25.2 Å². The van der Waals surface area contributed by atoms with Gasteiger partial charge in [0.15, 0.2) is 0 Å². The highest BCUT2D eigenvalue weighted by molar-refractivity contribution is 5.98. The molecule has 214 valence electrons. The number of benzene rings is 2. The predicted molar refractivity (Wildman–Crippen MR) is 141 cm³/mol. The molecule has 41 heavy (non-hydrogen) atoms. The Bertz CT molecular complexity index is 1550. The van der Waals surface area contributed by atoms with Gasteiger partial charge in [-0.1, -0.05) is 6.07 Å². The van der Waals surface area contributed by atoms with Gasteiger partial charge in [0.1, 0.15) is 5.82 Å². The zero-order valence-electron chi connectivity index (χ0n) is 21.5. The molecule has 7 nitrogen and oxygen atoms in total. The van der Waals surface area contributed by atoms with E-state index in [1.807, 2.05) is 0 Å². The Morgan fingerprint density at radius 2 is 1.63 bits per heavy atom. The summed E-state index contributed by atoms with van der Waals surface area (Å²) in [4.78, 5) is 27.7. The molecule has 1 saturated heterocycles. The van der Waals surface area contributed by atoms with Crippen molar-refractivity contribution >= 4 is 28.3 Å². The molecule has 1 aliphatic heterocycles. The van der Waals surface area contributed by atoms with Crippen LogP contribution in [0.2, 0.25) is 0 Å². The summed E-state index contributed by atoms with van der Waals surface area (Å²) in [6, 6.07) is 10.6. The minimum atomic E-state index is -4.65. The summed E-state index contributed by atoms with van der Waals surface area (Å²) in [5.41, 5.74) is -1.56. The topological polar surface area (TPSA) is 83.0 Å². The normalized spacial score (nSPS) is 14.4. The highest BCUT2D eigenvalue weighted by Gasteiger charge is 2.34. The maximum Gasteiger partial charge on any atom is 0.418 e. The lowest BCUT2D eigenvalue weighted by Gasteiger charge is -2.16. The number of amides is 1. The number of aromatic nitrogens is 3. The van der Waals surface area contributed by atoms with Gasteiger partial charge < -0.3 is 15.5 Å². The Hall–Kier alpha value is -4.26. The standard InChI is InChI=1S/C28H24F6N6O/c29-27(30,31)18-6-8-19(9-7-18)37-24-20-10-5-17(23-21(28(32,33)34)4-3-11-35-23)16-22(20)38-25(39-24)26(41)36-12-15-40-13-1-2-14-40/h3-11,16H,1-2,12-15H2,(H,36,41)(H,37,38,39). The highest BCUT2D eigenvalue weighted by atomic mass is 19.4. The minimum Gasteiger partial charge on any atom is -0.348 e. The van der Waals surface area contributed by atoms with Gasteiger partial charge in [-0.25, -0.2) is 9.97 Å². The summed E-state index contributed by atoms with van der Waals surface area (Å²) < 4.78 is 80.0. The number of pyridine rings is 1. The number of hydrogen-bond acceptors (Lipinski definition) is 6. The monoisotopic (exact) mass is 574 g/mol. The predicted octanol–water partition coefficient (Wildman–Crippen LogP) is 6.30. The Kier molecular flexibility index (Phi) is 7.80. The zero-order chi connectivity index (χ0) is 29.2. The third kappa shape index (κ3) is 6.56. The summed E-state index contributed by atoms with van der Waals surface area (Å²) in [6.45, 7) is 2.87. The Labute approximate surface area is 230 Å². The van der Waals surface area contributed by atoms with Gasteiger partial charge in [0.05, 0.1) is 22.3 Å². The number of halogens is 6. The highest BCUT2D eigenvalue weighted by Crippen LogP contribution is 2.37. The van der Waals surface area contributed by atoms with Crippen LogP contribution in [0.25, 0.3) is 22.2 Å². The fraction of sp³-hybridized carbons (Fsp3) is 0.286. The second-order valence-corrected chi connectivity index (χ2v) is 9.53. The van der Waals surface area contributed by atoms with Gasteiger partial charge in [-0.2, -0.15) is 26.3 Å². The third-order valence-electron chi connectivity index (χ3n) is 6.67. The van der Waals surface area contributed by atoms with Crippen molar-refractivity contribution in [3.8, 4) is 11.3 Å². The Morgan fingerprint density at radius 3 is 2.32 bits per heavy atom. The molecule has 2 N–H and O–H groups in total. The van der Waals surface area contributed by atoms with Gasteiger partial charge in [0.2, 0.25) is 5.82 Å². The van der Waals surface area contributed by atoms with E-state index in [1.165, 1.54) is 42.6 Å². The fourth-order valence-corrected chi connectivity index (χ4v) is 4.63. The summed E-state index contributed by atoms with van der Waals surface area (Å²) in [5, 5.41) is 6.02. The molecule has 0 unspecified atom stereocenters. The van der Waals surface area contributed by atoms with Crippen molar-refractivity contribution in [2.24, 2.45) is 0 Å². The number of alkyl halides is 6. The minimum absolute atomic E-state index is 0.100. The van der Waals surface area contributed by atoms with Crippen LogP contribution in [0.5, 0.6) is 0 Å². The van der Waals surface area contributed by atoms with Crippen LogP contribution < -0.4 is 10.6 Å². The molecule has 0 radical (unpaired) electrons. The molecule has 0 bridgehead atoms. The van der Waals surface area contributed by atoms with Gasteiger partial charge in [0.25, 0.3) is 5.91 Å². The molecule has 0 saturated carbocycles. The molecule has 13 heteroatoms. The molecule has 0 aliphatic carbocycles. The second kappa shape index (κ2) is 11.3. The number of rotatable bonds is 7. The molecular weight excluding hydrogens is 550 g/mol. The first kappa shape index (κ1) is 28.3. The molecule has 2 aromatic heterocycles. The van der Waals surface area contributed by atoms with E-state index in [-0.39, 0.29) is 34.1 Å². The van der Waals surface area contributed by atoms with Crippen LogP contribution in [0, 0.1) is 0 Å². The van der Waals surface area contributed by atoms with E-state index in [0.29, 0.717) is 18.5 Å². The van der Waals surface area contributed by atoms with Crippen molar-refractivity contribution in [3.05, 3.63) is 77.7 Å². The number of fused-ring (bicyclic) bond motifs is 1. The molecule has 1 amide bonds. The average molecular weight is 575 g/mol. The summed E-state index contributed by atoms with van der Waals surface area (Å²) >= 11 is 0. The van der Waals surface area contributed by atoms with Gasteiger partial charge in [-0.3, -0.25) is 9.78 Å². The molecule has 0 atom stereocenters. The quantitative estimate of drug-likeness (QED) is 0.252. The van der Waals surface area contributed by atoms with Gasteiger partial charge in [-0.15, -0.1) is 0 Å². The molecule has 1 fully saturated rings. The molecule has 2 aromatic carbocycles. The summed E-state index contributed by atoms with van der Waals surface area (Å²) in [5.74, 6) is -0.744. The number of carbonyl (C=O) groups excluding carboxylic acids is 1. The van der Waals surface area contributed by atoms with Crippen LogP contribution in [0.3, 0.4) is 0 Å². The van der Waals surface area contributed by atoms with Crippen LogP contribution in [-0.2, 0) is 12.4 Å². The maximum atomic E-state index is 13.7. The molecule has 4 aromatic rings. The van der Waals surface area contributed by atoms with Crippen LogP contribution in [0.1, 0.15) is 34.6 Å². The van der Waals surface area contributed by atoms with Crippen molar-refractivity contribution in [1.82, 2.24) is 25.2 Å². The Balaban J connectivity index is 1.52. The lowest BCUT2D eigenvalue weighted by molar-refractivity contribution is -0.138. The lowest BCUT2D eigenvalue weighted by atomic mass is 10.0. The number of carbonyl (C=O) groups is 1. The first-order valence-corrected chi connectivity index (χ1v) is 12.8. The first-order valence-electron chi connectivity index (χ1n) is 12.8. The lowest BCUT2D eigenvalue weighted by Crippen LogP contribution is -2.34. The maximum absolute atomic E-state index is 13.7. The molecular formula is C28H24F6N6O. The number of nitrogens with zero attached hydrogens (tertiary/aromatic N) is 4. The van der Waals surface area contributed by atoms with Gasteiger partial charge in [-0.05, 0) is 74.5 Å². The van der Waals surface area contributed by atoms with E-state index in [4.69, 9.17) is 0 Å². The van der Waals surface area contributed by atoms with Crippen molar-refractivity contribution in [3.63, 3.8) is 0 Å². The molecule has 1 aliphatic rings.